The largest absolute Gasteiger partial charge is 0.573 e. The first-order chi connectivity index (χ1) is 13.2. The maximum absolute atomic E-state index is 14.1. The van der Waals surface area contributed by atoms with Crippen LogP contribution in [0.3, 0.4) is 0 Å². The van der Waals surface area contributed by atoms with E-state index in [0.717, 1.165) is 30.4 Å². The molecule has 28 heavy (non-hydrogen) atoms. The molecule has 0 atom stereocenters. The molecule has 144 valence electrons. The summed E-state index contributed by atoms with van der Waals surface area (Å²) in [5.74, 6) is -2.04. The Morgan fingerprint density at radius 2 is 1.86 bits per heavy atom. The fraction of sp³-hybridized carbons (Fsp3) is 0.0556. The van der Waals surface area contributed by atoms with Crippen LogP contribution in [0.2, 0.25) is 0 Å². The Balaban J connectivity index is 1.80. The predicted octanol–water partition coefficient (Wildman–Crippen LogP) is 4.07. The molecule has 3 aromatic rings. The number of halogens is 4. The molecule has 0 fully saturated rings. The average Bonchev–Trinajstić information content (AvgIpc) is 3.10. The van der Waals surface area contributed by atoms with Crippen LogP contribution >= 0.6 is 0 Å². The second-order valence-corrected chi connectivity index (χ2v) is 5.46. The van der Waals surface area contributed by atoms with Gasteiger partial charge in [0.15, 0.2) is 5.82 Å². The highest BCUT2D eigenvalue weighted by Gasteiger charge is 2.31. The van der Waals surface area contributed by atoms with Crippen LogP contribution in [-0.2, 0) is 4.79 Å². The van der Waals surface area contributed by atoms with E-state index in [4.69, 9.17) is 5.11 Å². The van der Waals surface area contributed by atoms with Gasteiger partial charge in [-0.2, -0.15) is 0 Å². The van der Waals surface area contributed by atoms with Crippen LogP contribution in [0, 0.1) is 5.82 Å². The Bertz CT molecular complexity index is 1030. The summed E-state index contributed by atoms with van der Waals surface area (Å²) in [5, 5.41) is 12.8. The number of rotatable bonds is 5. The standard InChI is InChI=1S/C18H11F4N3O3/c19-15-9-12(2-1-11(15)3-8-16(26)27)17-23-10-25(24-17)13-4-6-14(7-5-13)28-18(20,21)22/h1-10H,(H,26,27)/b8-3+. The first-order valence-electron chi connectivity index (χ1n) is 7.70. The van der Waals surface area contributed by atoms with Crippen molar-refractivity contribution in [1.29, 1.82) is 0 Å². The minimum Gasteiger partial charge on any atom is -0.478 e. The van der Waals surface area contributed by atoms with E-state index in [0.29, 0.717) is 11.3 Å². The summed E-state index contributed by atoms with van der Waals surface area (Å²) in [5.41, 5.74) is 0.862. The number of aliphatic carboxylic acids is 1. The van der Waals surface area contributed by atoms with E-state index in [1.54, 1.807) is 0 Å². The number of carbonyl (C=O) groups is 1. The lowest BCUT2D eigenvalue weighted by Crippen LogP contribution is -2.17. The molecule has 0 aliphatic heterocycles. The molecule has 1 heterocycles. The molecule has 0 saturated carbocycles. The fourth-order valence-electron chi connectivity index (χ4n) is 2.28. The second-order valence-electron chi connectivity index (χ2n) is 5.46. The topological polar surface area (TPSA) is 77.2 Å². The summed E-state index contributed by atoms with van der Waals surface area (Å²) < 4.78 is 55.8. The molecule has 3 rings (SSSR count). The summed E-state index contributed by atoms with van der Waals surface area (Å²) >= 11 is 0. The van der Waals surface area contributed by atoms with E-state index in [1.807, 2.05) is 0 Å². The molecule has 2 aromatic carbocycles. The molecule has 0 spiro atoms. The van der Waals surface area contributed by atoms with Crippen LogP contribution in [-0.4, -0.2) is 32.2 Å². The summed E-state index contributed by atoms with van der Waals surface area (Å²) in [6.45, 7) is 0. The van der Waals surface area contributed by atoms with Crippen molar-refractivity contribution < 1.29 is 32.2 Å². The van der Waals surface area contributed by atoms with Gasteiger partial charge in [-0.05, 0) is 36.4 Å². The zero-order valence-electron chi connectivity index (χ0n) is 13.9. The van der Waals surface area contributed by atoms with Crippen LogP contribution in [0.1, 0.15) is 5.56 Å². The zero-order valence-corrected chi connectivity index (χ0v) is 13.9. The summed E-state index contributed by atoms with van der Waals surface area (Å²) in [4.78, 5) is 14.6. The molecule has 0 unspecified atom stereocenters. The molecule has 0 bridgehead atoms. The van der Waals surface area contributed by atoms with Gasteiger partial charge in [-0.15, -0.1) is 18.3 Å². The first-order valence-corrected chi connectivity index (χ1v) is 7.70. The number of hydrogen-bond acceptors (Lipinski definition) is 4. The molecule has 1 aromatic heterocycles. The van der Waals surface area contributed by atoms with Crippen molar-refractivity contribution in [3.63, 3.8) is 0 Å². The van der Waals surface area contributed by atoms with Crippen LogP contribution in [0.15, 0.2) is 54.9 Å². The van der Waals surface area contributed by atoms with Gasteiger partial charge in [0.1, 0.15) is 17.9 Å². The number of benzene rings is 2. The quantitative estimate of drug-likeness (QED) is 0.522. The lowest BCUT2D eigenvalue weighted by Gasteiger charge is -2.09. The number of hydrogen-bond donors (Lipinski definition) is 1. The minimum absolute atomic E-state index is 0.0887. The lowest BCUT2D eigenvalue weighted by atomic mass is 10.1. The van der Waals surface area contributed by atoms with Crippen molar-refractivity contribution in [2.75, 3.05) is 0 Å². The van der Waals surface area contributed by atoms with Gasteiger partial charge >= 0.3 is 12.3 Å². The van der Waals surface area contributed by atoms with Gasteiger partial charge in [-0.1, -0.05) is 12.1 Å². The number of carboxylic acid groups (broad SMARTS) is 1. The van der Waals surface area contributed by atoms with E-state index in [-0.39, 0.29) is 17.1 Å². The lowest BCUT2D eigenvalue weighted by molar-refractivity contribution is -0.274. The smallest absolute Gasteiger partial charge is 0.478 e. The highest BCUT2D eigenvalue weighted by Crippen LogP contribution is 2.24. The minimum atomic E-state index is -4.78. The van der Waals surface area contributed by atoms with Gasteiger partial charge < -0.3 is 9.84 Å². The van der Waals surface area contributed by atoms with Gasteiger partial charge in [0, 0.05) is 17.2 Å². The van der Waals surface area contributed by atoms with Gasteiger partial charge in [-0.25, -0.2) is 18.9 Å². The Morgan fingerprint density at radius 3 is 2.46 bits per heavy atom. The average molecular weight is 393 g/mol. The summed E-state index contributed by atoms with van der Waals surface area (Å²) in [6, 6.07) is 9.04. The third kappa shape index (κ3) is 4.72. The van der Waals surface area contributed by atoms with Crippen molar-refractivity contribution in [3.8, 4) is 22.8 Å². The Morgan fingerprint density at radius 1 is 1.14 bits per heavy atom. The van der Waals surface area contributed by atoms with E-state index >= 15 is 0 Å². The second kappa shape index (κ2) is 7.51. The number of carboxylic acids is 1. The van der Waals surface area contributed by atoms with E-state index < -0.39 is 18.1 Å². The van der Waals surface area contributed by atoms with E-state index in [9.17, 15) is 22.4 Å². The van der Waals surface area contributed by atoms with E-state index in [2.05, 4.69) is 14.8 Å². The Kier molecular flexibility index (Phi) is 5.12. The van der Waals surface area contributed by atoms with Crippen LogP contribution in [0.4, 0.5) is 17.6 Å². The molecule has 0 radical (unpaired) electrons. The molecular formula is C18H11F4N3O3. The molecule has 10 heteroatoms. The van der Waals surface area contributed by atoms with Crippen molar-refractivity contribution in [2.45, 2.75) is 6.36 Å². The van der Waals surface area contributed by atoms with Gasteiger partial charge in [-0.3, -0.25) is 0 Å². The monoisotopic (exact) mass is 393 g/mol. The Labute approximate surface area is 155 Å². The molecule has 0 saturated heterocycles. The van der Waals surface area contributed by atoms with Gasteiger partial charge in [0.2, 0.25) is 0 Å². The van der Waals surface area contributed by atoms with Gasteiger partial charge in [0.25, 0.3) is 0 Å². The SMILES string of the molecule is O=C(O)/C=C/c1ccc(-c2ncn(-c3ccc(OC(F)(F)F)cc3)n2)cc1F. The number of alkyl halides is 3. The fourth-order valence-corrected chi connectivity index (χ4v) is 2.28. The normalized spacial score (nSPS) is 11.7. The van der Waals surface area contributed by atoms with Crippen molar-refractivity contribution in [3.05, 3.63) is 66.2 Å². The number of nitrogens with zero attached hydrogens (tertiary/aromatic N) is 3. The molecule has 0 aliphatic rings. The molecule has 0 aliphatic carbocycles. The highest BCUT2D eigenvalue weighted by molar-refractivity contribution is 5.85. The van der Waals surface area contributed by atoms with Crippen molar-refractivity contribution >= 4 is 12.0 Å². The predicted molar refractivity (Wildman–Crippen MR) is 90.1 cm³/mol. The third-order valence-electron chi connectivity index (χ3n) is 3.49. The third-order valence-corrected chi connectivity index (χ3v) is 3.49. The molecule has 0 amide bonds. The maximum atomic E-state index is 14.1. The summed E-state index contributed by atoms with van der Waals surface area (Å²) in [6.07, 6.45) is -1.52. The number of ether oxygens (including phenoxy) is 1. The first kappa shape index (κ1) is 19.1. The highest BCUT2D eigenvalue weighted by atomic mass is 19.4. The zero-order chi connectivity index (χ0) is 20.3. The number of aromatic nitrogens is 3. The van der Waals surface area contributed by atoms with Gasteiger partial charge in [0.05, 0.1) is 5.69 Å². The van der Waals surface area contributed by atoms with Crippen LogP contribution in [0.5, 0.6) is 5.75 Å². The van der Waals surface area contributed by atoms with E-state index in [1.165, 1.54) is 35.3 Å². The van der Waals surface area contributed by atoms with Crippen molar-refractivity contribution in [1.82, 2.24) is 14.8 Å². The molecule has 1 N–H and O–H groups in total. The Hall–Kier alpha value is -3.69. The van der Waals surface area contributed by atoms with Crippen LogP contribution < -0.4 is 4.74 Å². The van der Waals surface area contributed by atoms with Crippen molar-refractivity contribution in [2.24, 2.45) is 0 Å². The van der Waals surface area contributed by atoms with Crippen LogP contribution in [0.25, 0.3) is 23.2 Å². The molecule has 6 nitrogen and oxygen atoms in total. The summed E-state index contributed by atoms with van der Waals surface area (Å²) in [7, 11) is 0. The maximum Gasteiger partial charge on any atom is 0.573 e. The molecular weight excluding hydrogens is 382 g/mol.